The third kappa shape index (κ3) is 3.46. The number of rotatable bonds is 4. The molecule has 1 aliphatic heterocycles. The van der Waals surface area contributed by atoms with Crippen molar-refractivity contribution in [2.45, 2.75) is 25.5 Å². The van der Waals surface area contributed by atoms with Crippen molar-refractivity contribution in [1.29, 1.82) is 0 Å². The van der Waals surface area contributed by atoms with Gasteiger partial charge < -0.3 is 10.5 Å². The lowest BCUT2D eigenvalue weighted by Gasteiger charge is -2.40. The van der Waals surface area contributed by atoms with E-state index in [2.05, 4.69) is 11.8 Å². The fourth-order valence-electron chi connectivity index (χ4n) is 2.86. The van der Waals surface area contributed by atoms with E-state index in [9.17, 15) is 0 Å². The first-order chi connectivity index (χ1) is 9.56. The summed E-state index contributed by atoms with van der Waals surface area (Å²) in [5.74, 6) is 0.587. The van der Waals surface area contributed by atoms with Gasteiger partial charge in [-0.1, -0.05) is 36.2 Å². The summed E-state index contributed by atoms with van der Waals surface area (Å²) < 4.78 is 5.58. The molecule has 0 saturated carbocycles. The molecule has 1 saturated heterocycles. The highest BCUT2D eigenvalue weighted by molar-refractivity contribution is 6.42. The zero-order valence-corrected chi connectivity index (χ0v) is 13.5. The highest BCUT2D eigenvalue weighted by atomic mass is 35.5. The van der Waals surface area contributed by atoms with Crippen molar-refractivity contribution < 1.29 is 4.74 Å². The minimum Gasteiger partial charge on any atom is -0.380 e. The van der Waals surface area contributed by atoms with Crippen LogP contribution in [-0.2, 0) is 4.74 Å². The molecule has 1 aromatic rings. The molecule has 2 rings (SSSR count). The van der Waals surface area contributed by atoms with Crippen LogP contribution in [-0.4, -0.2) is 37.7 Å². The summed E-state index contributed by atoms with van der Waals surface area (Å²) in [5.41, 5.74) is 7.10. The molecule has 0 spiro atoms. The molecule has 3 unspecified atom stereocenters. The summed E-state index contributed by atoms with van der Waals surface area (Å²) in [6.45, 7) is 4.73. The van der Waals surface area contributed by atoms with Crippen LogP contribution in [0.3, 0.4) is 0 Å². The summed E-state index contributed by atoms with van der Waals surface area (Å²) in [7, 11) is 1.78. The molecule has 112 valence electrons. The van der Waals surface area contributed by atoms with Gasteiger partial charge in [-0.3, -0.25) is 4.90 Å². The zero-order chi connectivity index (χ0) is 14.7. The number of likely N-dealkylation sites (tertiary alicyclic amines) is 1. The number of methoxy groups -OCH3 is 1. The predicted molar refractivity (Wildman–Crippen MR) is 84.4 cm³/mol. The zero-order valence-electron chi connectivity index (χ0n) is 12.0. The monoisotopic (exact) mass is 316 g/mol. The summed E-state index contributed by atoms with van der Waals surface area (Å²) in [6, 6.07) is 5.92. The van der Waals surface area contributed by atoms with Gasteiger partial charge in [0.2, 0.25) is 0 Å². The summed E-state index contributed by atoms with van der Waals surface area (Å²) in [6.07, 6.45) is 1.39. The van der Waals surface area contributed by atoms with Crippen LogP contribution in [0.25, 0.3) is 0 Å². The van der Waals surface area contributed by atoms with E-state index < -0.39 is 0 Å². The van der Waals surface area contributed by atoms with Gasteiger partial charge in [0.25, 0.3) is 0 Å². The Morgan fingerprint density at radius 2 is 2.15 bits per heavy atom. The van der Waals surface area contributed by atoms with E-state index in [0.717, 1.165) is 25.1 Å². The van der Waals surface area contributed by atoms with Crippen LogP contribution >= 0.6 is 23.2 Å². The van der Waals surface area contributed by atoms with Gasteiger partial charge in [0.15, 0.2) is 0 Å². The largest absolute Gasteiger partial charge is 0.380 e. The number of nitrogens with zero attached hydrogens (tertiary/aromatic N) is 1. The third-order valence-electron chi connectivity index (χ3n) is 4.22. The van der Waals surface area contributed by atoms with E-state index in [4.69, 9.17) is 33.7 Å². The molecule has 1 aromatic carbocycles. The Balaban J connectivity index is 2.17. The summed E-state index contributed by atoms with van der Waals surface area (Å²) >= 11 is 12.1. The smallest absolute Gasteiger partial charge is 0.0724 e. The lowest BCUT2D eigenvalue weighted by atomic mass is 9.93. The van der Waals surface area contributed by atoms with Gasteiger partial charge in [0.1, 0.15) is 0 Å². The van der Waals surface area contributed by atoms with E-state index in [1.54, 1.807) is 7.11 Å². The standard InChI is InChI=1S/C15H22Cl2N2O/c1-10-5-6-19(9-15(10)20-2)14(8-18)11-3-4-12(16)13(17)7-11/h3-4,7,10,14-15H,5-6,8-9,18H2,1-2H3. The molecule has 0 bridgehead atoms. The van der Waals surface area contributed by atoms with Crippen molar-refractivity contribution in [2.24, 2.45) is 11.7 Å². The predicted octanol–water partition coefficient (Wildman–Crippen LogP) is 3.35. The van der Waals surface area contributed by atoms with E-state index in [1.807, 2.05) is 18.2 Å². The van der Waals surface area contributed by atoms with Crippen molar-refractivity contribution in [2.75, 3.05) is 26.7 Å². The fourth-order valence-corrected chi connectivity index (χ4v) is 3.17. The highest BCUT2D eigenvalue weighted by Gasteiger charge is 2.30. The van der Waals surface area contributed by atoms with Gasteiger partial charge in [-0.15, -0.1) is 0 Å². The Bertz CT molecular complexity index is 455. The number of piperidine rings is 1. The molecular weight excluding hydrogens is 295 g/mol. The van der Waals surface area contributed by atoms with Crippen molar-refractivity contribution in [3.8, 4) is 0 Å². The molecule has 5 heteroatoms. The number of nitrogens with two attached hydrogens (primary N) is 1. The second kappa shape index (κ2) is 7.10. The maximum absolute atomic E-state index is 6.12. The molecule has 0 aromatic heterocycles. The molecule has 3 nitrogen and oxygen atoms in total. The van der Waals surface area contributed by atoms with Crippen LogP contribution in [0, 0.1) is 5.92 Å². The van der Waals surface area contributed by atoms with Crippen LogP contribution in [0.4, 0.5) is 0 Å². The lowest BCUT2D eigenvalue weighted by molar-refractivity contribution is -0.0183. The minimum absolute atomic E-state index is 0.162. The van der Waals surface area contributed by atoms with Crippen LogP contribution in [0.5, 0.6) is 0 Å². The molecule has 1 heterocycles. The van der Waals surface area contributed by atoms with E-state index in [0.29, 0.717) is 22.5 Å². The normalized spacial score (nSPS) is 25.6. The number of halogens is 2. The van der Waals surface area contributed by atoms with E-state index in [-0.39, 0.29) is 12.1 Å². The lowest BCUT2D eigenvalue weighted by Crippen LogP contribution is -2.47. The number of ether oxygens (including phenoxy) is 1. The fraction of sp³-hybridized carbons (Fsp3) is 0.600. The molecule has 1 aliphatic rings. The number of hydrogen-bond acceptors (Lipinski definition) is 3. The number of hydrogen-bond donors (Lipinski definition) is 1. The summed E-state index contributed by atoms with van der Waals surface area (Å²) in [4.78, 5) is 2.38. The second-order valence-corrected chi connectivity index (χ2v) is 6.27. The quantitative estimate of drug-likeness (QED) is 0.925. The topological polar surface area (TPSA) is 38.5 Å². The first kappa shape index (κ1) is 16.1. The first-order valence-electron chi connectivity index (χ1n) is 6.98. The third-order valence-corrected chi connectivity index (χ3v) is 4.96. The highest BCUT2D eigenvalue weighted by Crippen LogP contribution is 2.31. The number of benzene rings is 1. The molecule has 2 N–H and O–H groups in total. The molecule has 0 radical (unpaired) electrons. The molecule has 0 aliphatic carbocycles. The molecule has 3 atom stereocenters. The van der Waals surface area contributed by atoms with Crippen LogP contribution in [0.2, 0.25) is 10.0 Å². The Morgan fingerprint density at radius 1 is 1.40 bits per heavy atom. The van der Waals surface area contributed by atoms with Gasteiger partial charge in [0, 0.05) is 26.2 Å². The Labute approximate surface area is 131 Å². The average molecular weight is 317 g/mol. The van der Waals surface area contributed by atoms with E-state index in [1.165, 1.54) is 0 Å². The summed E-state index contributed by atoms with van der Waals surface area (Å²) in [5, 5.41) is 1.16. The average Bonchev–Trinajstić information content (AvgIpc) is 2.45. The van der Waals surface area contributed by atoms with Crippen molar-refractivity contribution in [1.82, 2.24) is 4.90 Å². The first-order valence-corrected chi connectivity index (χ1v) is 7.74. The van der Waals surface area contributed by atoms with Crippen molar-refractivity contribution in [3.63, 3.8) is 0 Å². The molecule has 20 heavy (non-hydrogen) atoms. The minimum atomic E-state index is 0.162. The van der Waals surface area contributed by atoms with Crippen molar-refractivity contribution in [3.05, 3.63) is 33.8 Å². The van der Waals surface area contributed by atoms with Crippen LogP contribution in [0.1, 0.15) is 24.9 Å². The van der Waals surface area contributed by atoms with Crippen LogP contribution < -0.4 is 5.73 Å². The van der Waals surface area contributed by atoms with E-state index >= 15 is 0 Å². The second-order valence-electron chi connectivity index (χ2n) is 5.46. The Morgan fingerprint density at radius 3 is 2.75 bits per heavy atom. The SMILES string of the molecule is COC1CN(C(CN)c2ccc(Cl)c(Cl)c2)CCC1C. The van der Waals surface area contributed by atoms with Gasteiger partial charge in [-0.2, -0.15) is 0 Å². The van der Waals surface area contributed by atoms with Crippen molar-refractivity contribution >= 4 is 23.2 Å². The molecular formula is C15H22Cl2N2O. The maximum Gasteiger partial charge on any atom is 0.0724 e. The molecule has 0 amide bonds. The van der Waals surface area contributed by atoms with Gasteiger partial charge in [-0.05, 0) is 36.6 Å². The van der Waals surface area contributed by atoms with Gasteiger partial charge >= 0.3 is 0 Å². The molecule has 1 fully saturated rings. The Hall–Kier alpha value is -0.320. The Kier molecular flexibility index (Phi) is 5.70. The van der Waals surface area contributed by atoms with Gasteiger partial charge in [0.05, 0.1) is 16.1 Å². The van der Waals surface area contributed by atoms with Crippen LogP contribution in [0.15, 0.2) is 18.2 Å². The van der Waals surface area contributed by atoms with Gasteiger partial charge in [-0.25, -0.2) is 0 Å². The maximum atomic E-state index is 6.12.